The van der Waals surface area contributed by atoms with Crippen LogP contribution in [0.5, 0.6) is 11.5 Å². The Hall–Kier alpha value is -3.68. The van der Waals surface area contributed by atoms with E-state index in [2.05, 4.69) is 16.8 Å². The molecule has 0 atom stereocenters. The first-order valence-corrected chi connectivity index (χ1v) is 12.0. The summed E-state index contributed by atoms with van der Waals surface area (Å²) in [7, 11) is 0. The molecule has 0 bridgehead atoms. The number of benzene rings is 3. The second-order valence-corrected chi connectivity index (χ2v) is 9.76. The Morgan fingerprint density at radius 1 is 0.944 bits per heavy atom. The van der Waals surface area contributed by atoms with Gasteiger partial charge in [-0.1, -0.05) is 63.8 Å². The minimum Gasteiger partial charge on any atom is -0.505 e. The van der Waals surface area contributed by atoms with Gasteiger partial charge in [0, 0.05) is 18.1 Å². The number of aromatic nitrogens is 3. The summed E-state index contributed by atoms with van der Waals surface area (Å²) < 4.78 is 11.8. The van der Waals surface area contributed by atoms with Crippen LogP contribution in [0.2, 0.25) is 0 Å². The first-order chi connectivity index (χ1) is 17.3. The van der Waals surface area contributed by atoms with E-state index in [1.165, 1.54) is 4.80 Å². The van der Waals surface area contributed by atoms with E-state index in [0.29, 0.717) is 42.3 Å². The molecule has 0 spiro atoms. The molecular formula is C29H33N3O4. The molecule has 0 unspecified atom stereocenters. The van der Waals surface area contributed by atoms with Crippen molar-refractivity contribution in [2.24, 2.45) is 0 Å². The minimum absolute atomic E-state index is 0.0726. The summed E-state index contributed by atoms with van der Waals surface area (Å²) >= 11 is 0. The molecule has 0 aliphatic rings. The van der Waals surface area contributed by atoms with E-state index in [9.17, 15) is 10.2 Å². The maximum absolute atomic E-state index is 11.1. The predicted molar refractivity (Wildman–Crippen MR) is 141 cm³/mol. The molecular weight excluding hydrogens is 454 g/mol. The lowest BCUT2D eigenvalue weighted by molar-refractivity contribution is 0.107. The number of aromatic hydroxyl groups is 1. The zero-order chi connectivity index (χ0) is 25.7. The van der Waals surface area contributed by atoms with E-state index in [1.807, 2.05) is 57.2 Å². The molecule has 36 heavy (non-hydrogen) atoms. The summed E-state index contributed by atoms with van der Waals surface area (Å²) in [5.41, 5.74) is 5.13. The van der Waals surface area contributed by atoms with Gasteiger partial charge < -0.3 is 19.7 Å². The van der Waals surface area contributed by atoms with Crippen LogP contribution in [0.3, 0.4) is 0 Å². The zero-order valence-corrected chi connectivity index (χ0v) is 21.1. The smallest absolute Gasteiger partial charge is 0.147 e. The normalized spacial score (nSPS) is 11.7. The van der Waals surface area contributed by atoms with Crippen molar-refractivity contribution in [3.8, 4) is 17.2 Å². The second kappa shape index (κ2) is 10.9. The van der Waals surface area contributed by atoms with Crippen LogP contribution < -0.4 is 4.74 Å². The second-order valence-electron chi connectivity index (χ2n) is 9.76. The summed E-state index contributed by atoms with van der Waals surface area (Å²) in [5, 5.41) is 29.6. The Kier molecular flexibility index (Phi) is 7.72. The average Bonchev–Trinajstić information content (AvgIpc) is 3.29. The number of phenolic OH excluding ortho intramolecular Hbond substituents is 1. The maximum atomic E-state index is 11.1. The molecule has 0 amide bonds. The summed E-state index contributed by atoms with van der Waals surface area (Å²) in [6, 6.07) is 17.1. The third-order valence-electron chi connectivity index (χ3n) is 5.90. The van der Waals surface area contributed by atoms with Crippen molar-refractivity contribution < 1.29 is 19.7 Å². The van der Waals surface area contributed by atoms with Crippen molar-refractivity contribution >= 4 is 17.1 Å². The Morgan fingerprint density at radius 2 is 1.67 bits per heavy atom. The molecule has 188 valence electrons. The largest absolute Gasteiger partial charge is 0.505 e. The number of aliphatic hydroxyl groups excluding tert-OH is 1. The first kappa shape index (κ1) is 25.4. The van der Waals surface area contributed by atoms with E-state index in [1.54, 1.807) is 24.3 Å². The summed E-state index contributed by atoms with van der Waals surface area (Å²) in [6.07, 6.45) is 2.54. The van der Waals surface area contributed by atoms with Crippen LogP contribution in [0, 0.1) is 0 Å². The van der Waals surface area contributed by atoms with Gasteiger partial charge in [-0.15, -0.1) is 15.0 Å². The topological polar surface area (TPSA) is 89.6 Å². The molecule has 0 aliphatic carbocycles. The number of phenols is 1. The lowest BCUT2D eigenvalue weighted by atomic mass is 9.86. The molecule has 7 heteroatoms. The minimum atomic E-state index is -0.320. The molecule has 4 rings (SSSR count). The lowest BCUT2D eigenvalue weighted by Gasteiger charge is -2.23. The fourth-order valence-electron chi connectivity index (χ4n) is 3.86. The maximum Gasteiger partial charge on any atom is 0.147 e. The summed E-state index contributed by atoms with van der Waals surface area (Å²) in [4.78, 5) is 1.42. The zero-order valence-electron chi connectivity index (χ0n) is 21.1. The van der Waals surface area contributed by atoms with Gasteiger partial charge in [0.15, 0.2) is 0 Å². The Balaban J connectivity index is 1.45. The fourth-order valence-corrected chi connectivity index (χ4v) is 3.86. The van der Waals surface area contributed by atoms with Crippen molar-refractivity contribution in [3.05, 3.63) is 83.4 Å². The van der Waals surface area contributed by atoms with Crippen molar-refractivity contribution in [2.45, 2.75) is 45.8 Å². The van der Waals surface area contributed by atoms with Crippen molar-refractivity contribution in [2.75, 3.05) is 13.2 Å². The highest BCUT2D eigenvalue weighted by Gasteiger charge is 2.24. The van der Waals surface area contributed by atoms with E-state index in [4.69, 9.17) is 9.47 Å². The summed E-state index contributed by atoms with van der Waals surface area (Å²) in [6.45, 7) is 11.4. The molecule has 0 saturated carbocycles. The number of ether oxygens (including phenoxy) is 2. The fraction of sp³-hybridized carbons (Fsp3) is 0.310. The highest BCUT2D eigenvalue weighted by Crippen LogP contribution is 2.38. The van der Waals surface area contributed by atoms with Gasteiger partial charge in [0.05, 0.1) is 26.4 Å². The standard InChI is InChI=1S/C29H33N3O4/c1-5-20-7-9-21(10-8-20)19-35-13-6-14-36-23-16-24(29(2,3)4)28(34)27(17-23)32-30-25-12-11-22(18-33)15-26(25)31-32/h5,7-12,15-17,33-34H,1,6,13-14,18-19H2,2-4H3. The molecule has 1 heterocycles. The number of fused-ring (bicyclic) bond motifs is 1. The SMILES string of the molecule is C=Cc1ccc(COCCCOc2cc(-n3nc4ccc(CO)cc4n3)c(O)c(C(C)(C)C)c2)cc1. The summed E-state index contributed by atoms with van der Waals surface area (Å²) in [5.74, 6) is 0.744. The van der Waals surface area contributed by atoms with Gasteiger partial charge in [-0.2, -0.15) is 0 Å². The van der Waals surface area contributed by atoms with Gasteiger partial charge in [0.25, 0.3) is 0 Å². The molecule has 2 N–H and O–H groups in total. The van der Waals surface area contributed by atoms with Crippen LogP contribution in [0.4, 0.5) is 0 Å². The van der Waals surface area contributed by atoms with Crippen molar-refractivity contribution in [1.82, 2.24) is 15.0 Å². The molecule has 7 nitrogen and oxygen atoms in total. The predicted octanol–water partition coefficient (Wildman–Crippen LogP) is 5.54. The highest BCUT2D eigenvalue weighted by atomic mass is 16.5. The van der Waals surface area contributed by atoms with Gasteiger partial charge in [-0.3, -0.25) is 0 Å². The Bertz CT molecular complexity index is 1340. The van der Waals surface area contributed by atoms with E-state index in [0.717, 1.165) is 28.7 Å². The molecule has 0 aliphatic heterocycles. The quantitative estimate of drug-likeness (QED) is 0.285. The number of nitrogens with zero attached hydrogens (tertiary/aromatic N) is 3. The number of rotatable bonds is 10. The third kappa shape index (κ3) is 5.93. The molecule has 0 saturated heterocycles. The van der Waals surface area contributed by atoms with Gasteiger partial charge in [0.2, 0.25) is 0 Å². The number of aliphatic hydroxyl groups is 1. The Labute approximate surface area is 211 Å². The monoisotopic (exact) mass is 487 g/mol. The molecule has 1 aromatic heterocycles. The van der Waals surface area contributed by atoms with Crippen molar-refractivity contribution in [1.29, 1.82) is 0 Å². The average molecular weight is 488 g/mol. The highest BCUT2D eigenvalue weighted by molar-refractivity contribution is 5.75. The lowest BCUT2D eigenvalue weighted by Crippen LogP contribution is -2.14. The van der Waals surface area contributed by atoms with Crippen LogP contribution in [-0.2, 0) is 23.4 Å². The van der Waals surface area contributed by atoms with Gasteiger partial charge in [-0.25, -0.2) is 0 Å². The van der Waals surface area contributed by atoms with Crippen molar-refractivity contribution in [3.63, 3.8) is 0 Å². The van der Waals surface area contributed by atoms with E-state index >= 15 is 0 Å². The molecule has 0 radical (unpaired) electrons. The Morgan fingerprint density at radius 3 is 2.36 bits per heavy atom. The van der Waals surface area contributed by atoms with E-state index in [-0.39, 0.29) is 17.8 Å². The van der Waals surface area contributed by atoms with Crippen LogP contribution in [-0.4, -0.2) is 38.4 Å². The van der Waals surface area contributed by atoms with Gasteiger partial charge >= 0.3 is 0 Å². The molecule has 3 aromatic carbocycles. The van der Waals surface area contributed by atoms with Gasteiger partial charge in [0.1, 0.15) is 28.2 Å². The molecule has 0 fully saturated rings. The van der Waals surface area contributed by atoms with Crippen LogP contribution in [0.1, 0.15) is 49.4 Å². The third-order valence-corrected chi connectivity index (χ3v) is 5.90. The van der Waals surface area contributed by atoms with Crippen LogP contribution in [0.15, 0.2) is 61.2 Å². The van der Waals surface area contributed by atoms with Gasteiger partial charge in [-0.05, 0) is 40.3 Å². The first-order valence-electron chi connectivity index (χ1n) is 12.0. The van der Waals surface area contributed by atoms with E-state index < -0.39 is 0 Å². The number of hydrogen-bond donors (Lipinski definition) is 2. The molecule has 4 aromatic rings. The van der Waals surface area contributed by atoms with Crippen LogP contribution >= 0.6 is 0 Å². The van der Waals surface area contributed by atoms with Crippen LogP contribution in [0.25, 0.3) is 22.8 Å². The number of hydrogen-bond acceptors (Lipinski definition) is 6.